The summed E-state index contributed by atoms with van der Waals surface area (Å²) >= 11 is 4.32. The lowest BCUT2D eigenvalue weighted by molar-refractivity contribution is 0.0946. The number of carbonyl (C=O) groups excluding carboxylic acids is 1. The van der Waals surface area contributed by atoms with E-state index in [1.165, 1.54) is 0 Å². The molecule has 0 spiro atoms. The second kappa shape index (κ2) is 4.67. The Balaban J connectivity index is 1.96. The summed E-state index contributed by atoms with van der Waals surface area (Å²) in [5, 5.41) is 4.38. The maximum absolute atomic E-state index is 11.6. The van der Waals surface area contributed by atoms with E-state index < -0.39 is 0 Å². The Morgan fingerprint density at radius 1 is 1.56 bits per heavy atom. The summed E-state index contributed by atoms with van der Waals surface area (Å²) in [7, 11) is 0. The third kappa shape index (κ3) is 2.61. The summed E-state index contributed by atoms with van der Waals surface area (Å²) < 4.78 is 0.821. The molecule has 0 saturated carbocycles. The fourth-order valence-corrected chi connectivity index (χ4v) is 2.10. The molecule has 2 aromatic heterocycles. The van der Waals surface area contributed by atoms with Gasteiger partial charge in [-0.3, -0.25) is 9.59 Å². The molecule has 0 aromatic carbocycles. The zero-order chi connectivity index (χ0) is 11.5. The van der Waals surface area contributed by atoms with Crippen molar-refractivity contribution in [3.63, 3.8) is 0 Å². The molecule has 0 unspecified atom stereocenters. The van der Waals surface area contributed by atoms with Gasteiger partial charge in [0.25, 0.3) is 5.91 Å². The van der Waals surface area contributed by atoms with Gasteiger partial charge in [0, 0.05) is 21.7 Å². The molecule has 0 bridgehead atoms. The molecule has 0 saturated heterocycles. The number of hydrogen-bond donors (Lipinski definition) is 3. The van der Waals surface area contributed by atoms with Crippen LogP contribution in [0.4, 0.5) is 0 Å². The van der Waals surface area contributed by atoms with Crippen LogP contribution in [0.2, 0.25) is 0 Å². The Bertz CT molecular complexity index is 557. The zero-order valence-electron chi connectivity index (χ0n) is 8.04. The maximum Gasteiger partial charge on any atom is 0.304 e. The molecule has 84 valence electrons. The van der Waals surface area contributed by atoms with Gasteiger partial charge in [0.1, 0.15) is 5.69 Å². The van der Waals surface area contributed by atoms with Crippen molar-refractivity contribution in [3.8, 4) is 0 Å². The third-order valence-electron chi connectivity index (χ3n) is 1.90. The number of nitrogens with one attached hydrogen (secondary N) is 3. The van der Waals surface area contributed by atoms with Crippen LogP contribution >= 0.6 is 27.3 Å². The van der Waals surface area contributed by atoms with Crippen LogP contribution in [-0.4, -0.2) is 15.9 Å². The molecule has 2 heterocycles. The Morgan fingerprint density at radius 2 is 2.38 bits per heavy atom. The van der Waals surface area contributed by atoms with Crippen molar-refractivity contribution in [3.05, 3.63) is 43.2 Å². The van der Waals surface area contributed by atoms with E-state index in [4.69, 9.17) is 0 Å². The van der Waals surface area contributed by atoms with Gasteiger partial charge < -0.3 is 15.3 Å². The van der Waals surface area contributed by atoms with Gasteiger partial charge in [-0.25, -0.2) is 0 Å². The predicted molar refractivity (Wildman–Crippen MR) is 64.6 cm³/mol. The molecule has 0 fully saturated rings. The Hall–Kier alpha value is -1.34. The molecule has 7 heteroatoms. The average Bonchev–Trinajstić information content (AvgIpc) is 2.84. The van der Waals surface area contributed by atoms with Crippen LogP contribution < -0.4 is 10.2 Å². The summed E-state index contributed by atoms with van der Waals surface area (Å²) in [6.07, 6.45) is 1.68. The molecular weight excluding hydrogens is 294 g/mol. The Labute approximate surface area is 103 Å². The molecule has 0 aliphatic heterocycles. The van der Waals surface area contributed by atoms with Crippen molar-refractivity contribution >= 4 is 33.2 Å². The minimum Gasteiger partial charge on any atom is -0.356 e. The minimum absolute atomic E-state index is 0.119. The number of aromatic amines is 2. The van der Waals surface area contributed by atoms with Gasteiger partial charge in [0.05, 0.1) is 6.54 Å². The third-order valence-corrected chi connectivity index (χ3v) is 3.08. The number of thiazole rings is 1. The van der Waals surface area contributed by atoms with Crippen molar-refractivity contribution in [1.82, 2.24) is 15.3 Å². The summed E-state index contributed by atoms with van der Waals surface area (Å²) in [4.78, 5) is 27.7. The van der Waals surface area contributed by atoms with Crippen LogP contribution in [0, 0.1) is 0 Å². The van der Waals surface area contributed by atoms with Gasteiger partial charge in [-0.2, -0.15) is 0 Å². The van der Waals surface area contributed by atoms with Crippen LogP contribution in [0.15, 0.2) is 26.9 Å². The molecule has 5 nitrogen and oxygen atoms in total. The lowest BCUT2D eigenvalue weighted by Crippen LogP contribution is -2.23. The smallest absolute Gasteiger partial charge is 0.304 e. The van der Waals surface area contributed by atoms with Crippen molar-refractivity contribution in [2.45, 2.75) is 6.54 Å². The molecule has 1 amide bonds. The first kappa shape index (κ1) is 11.2. The van der Waals surface area contributed by atoms with E-state index in [1.54, 1.807) is 17.6 Å². The van der Waals surface area contributed by atoms with Gasteiger partial charge in [-0.05, 0) is 22.0 Å². The number of H-pyrrole nitrogens is 2. The average molecular weight is 302 g/mol. The lowest BCUT2D eigenvalue weighted by Gasteiger charge is -2.00. The van der Waals surface area contributed by atoms with Gasteiger partial charge in [0.15, 0.2) is 0 Å². The fourth-order valence-electron chi connectivity index (χ4n) is 1.17. The molecule has 3 N–H and O–H groups in total. The Morgan fingerprint density at radius 3 is 2.94 bits per heavy atom. The molecule has 0 radical (unpaired) electrons. The van der Waals surface area contributed by atoms with E-state index in [9.17, 15) is 9.59 Å². The van der Waals surface area contributed by atoms with E-state index in [1.807, 2.05) is 0 Å². The number of rotatable bonds is 3. The molecule has 16 heavy (non-hydrogen) atoms. The van der Waals surface area contributed by atoms with Crippen LogP contribution in [0.5, 0.6) is 0 Å². The van der Waals surface area contributed by atoms with Gasteiger partial charge in [-0.1, -0.05) is 11.3 Å². The van der Waals surface area contributed by atoms with Crippen LogP contribution in [0.25, 0.3) is 0 Å². The van der Waals surface area contributed by atoms with Crippen LogP contribution in [-0.2, 0) is 6.54 Å². The van der Waals surface area contributed by atoms with Crippen LogP contribution in [0.1, 0.15) is 16.2 Å². The van der Waals surface area contributed by atoms with E-state index in [0.29, 0.717) is 17.9 Å². The molecule has 2 aromatic rings. The first-order chi connectivity index (χ1) is 7.65. The van der Waals surface area contributed by atoms with E-state index in [-0.39, 0.29) is 10.8 Å². The van der Waals surface area contributed by atoms with Crippen LogP contribution in [0.3, 0.4) is 0 Å². The SMILES string of the molecule is O=C(NCc1csc(=O)[nH]1)c1cc(Br)c[nH]1. The quantitative estimate of drug-likeness (QED) is 0.802. The van der Waals surface area contributed by atoms with Gasteiger partial charge >= 0.3 is 4.87 Å². The highest BCUT2D eigenvalue weighted by Crippen LogP contribution is 2.10. The lowest BCUT2D eigenvalue weighted by atomic mass is 10.4. The Kier molecular flexibility index (Phi) is 3.25. The molecular formula is C9H8BrN3O2S. The highest BCUT2D eigenvalue weighted by molar-refractivity contribution is 9.10. The molecule has 0 aliphatic carbocycles. The second-order valence-electron chi connectivity index (χ2n) is 3.09. The van der Waals surface area contributed by atoms with Crippen molar-refractivity contribution in [2.75, 3.05) is 0 Å². The summed E-state index contributed by atoms with van der Waals surface area (Å²) in [5.74, 6) is -0.210. The monoisotopic (exact) mass is 301 g/mol. The maximum atomic E-state index is 11.6. The first-order valence-electron chi connectivity index (χ1n) is 4.44. The van der Waals surface area contributed by atoms with Gasteiger partial charge in [-0.15, -0.1) is 0 Å². The zero-order valence-corrected chi connectivity index (χ0v) is 10.4. The van der Waals surface area contributed by atoms with E-state index in [2.05, 4.69) is 31.2 Å². The van der Waals surface area contributed by atoms with Gasteiger partial charge in [0.2, 0.25) is 0 Å². The topological polar surface area (TPSA) is 77.8 Å². The minimum atomic E-state index is -0.210. The van der Waals surface area contributed by atoms with Crippen molar-refractivity contribution < 1.29 is 4.79 Å². The summed E-state index contributed by atoms with van der Waals surface area (Å²) in [5.41, 5.74) is 1.18. The molecule has 0 atom stereocenters. The number of carbonyl (C=O) groups is 1. The summed E-state index contributed by atoms with van der Waals surface area (Å²) in [6.45, 7) is 0.314. The predicted octanol–water partition coefficient (Wildman–Crippen LogP) is 1.46. The van der Waals surface area contributed by atoms with E-state index in [0.717, 1.165) is 15.8 Å². The largest absolute Gasteiger partial charge is 0.356 e. The fraction of sp³-hybridized carbons (Fsp3) is 0.111. The molecule has 0 aliphatic rings. The summed E-state index contributed by atoms with van der Waals surface area (Å²) in [6, 6.07) is 1.69. The van der Waals surface area contributed by atoms with Crippen molar-refractivity contribution in [1.29, 1.82) is 0 Å². The normalized spacial score (nSPS) is 10.3. The number of hydrogen-bond acceptors (Lipinski definition) is 3. The second-order valence-corrected chi connectivity index (χ2v) is 4.85. The highest BCUT2D eigenvalue weighted by Gasteiger charge is 2.07. The van der Waals surface area contributed by atoms with E-state index >= 15 is 0 Å². The number of amides is 1. The number of halogens is 1. The highest BCUT2D eigenvalue weighted by atomic mass is 79.9. The molecule has 2 rings (SSSR count). The first-order valence-corrected chi connectivity index (χ1v) is 6.11. The number of aromatic nitrogens is 2. The van der Waals surface area contributed by atoms with Crippen molar-refractivity contribution in [2.24, 2.45) is 0 Å². The standard InChI is InChI=1S/C9H8BrN3O2S/c10-5-1-7(11-2-5)8(14)12-3-6-4-16-9(15)13-6/h1-2,4,11H,3H2,(H,12,14)(H,13,15).